The van der Waals surface area contributed by atoms with Gasteiger partial charge < -0.3 is 15.2 Å². The fourth-order valence-electron chi connectivity index (χ4n) is 1.12. The fraction of sp³-hybridized carbons (Fsp3) is 1.00. The predicted molar refractivity (Wildman–Crippen MR) is 59.5 cm³/mol. The lowest BCUT2D eigenvalue weighted by molar-refractivity contribution is -0.0325. The molecule has 86 valence electrons. The summed E-state index contributed by atoms with van der Waals surface area (Å²) in [6.45, 7) is 10.2. The Morgan fingerprint density at radius 2 is 2.00 bits per heavy atom. The summed E-state index contributed by atoms with van der Waals surface area (Å²) in [6.07, 6.45) is 1.76. The zero-order valence-corrected chi connectivity index (χ0v) is 9.97. The quantitative estimate of drug-likeness (QED) is 0.629. The summed E-state index contributed by atoms with van der Waals surface area (Å²) in [5.74, 6) is 0. The molecule has 3 heteroatoms. The van der Waals surface area contributed by atoms with Crippen LogP contribution >= 0.6 is 0 Å². The number of likely N-dealkylation sites (N-methyl/N-ethyl adjacent to an activating group) is 1. The van der Waals surface area contributed by atoms with Crippen LogP contribution in [0, 0.1) is 0 Å². The molecular formula is C11H25NO2. The van der Waals surface area contributed by atoms with Crippen LogP contribution in [-0.4, -0.2) is 36.5 Å². The molecule has 0 spiro atoms. The SMILES string of the molecule is CCNC(CCO)COC(C)(C)CC. The van der Waals surface area contributed by atoms with Crippen LogP contribution < -0.4 is 5.32 Å². The van der Waals surface area contributed by atoms with Crippen molar-refractivity contribution < 1.29 is 9.84 Å². The van der Waals surface area contributed by atoms with Gasteiger partial charge in [0.1, 0.15) is 0 Å². The van der Waals surface area contributed by atoms with Gasteiger partial charge in [0.25, 0.3) is 0 Å². The lowest BCUT2D eigenvalue weighted by Crippen LogP contribution is -2.37. The predicted octanol–water partition coefficient (Wildman–Crippen LogP) is 1.55. The highest BCUT2D eigenvalue weighted by Crippen LogP contribution is 2.14. The topological polar surface area (TPSA) is 41.5 Å². The number of aliphatic hydroxyl groups is 1. The Morgan fingerprint density at radius 3 is 2.43 bits per heavy atom. The average molecular weight is 203 g/mol. The zero-order valence-electron chi connectivity index (χ0n) is 9.97. The minimum absolute atomic E-state index is 0.0525. The first-order chi connectivity index (χ1) is 6.55. The second-order valence-corrected chi connectivity index (χ2v) is 4.19. The van der Waals surface area contributed by atoms with E-state index < -0.39 is 0 Å². The lowest BCUT2D eigenvalue weighted by atomic mass is 10.1. The Morgan fingerprint density at radius 1 is 1.36 bits per heavy atom. The van der Waals surface area contributed by atoms with Gasteiger partial charge in [0.15, 0.2) is 0 Å². The van der Waals surface area contributed by atoms with Crippen molar-refractivity contribution in [2.75, 3.05) is 19.8 Å². The van der Waals surface area contributed by atoms with E-state index in [0.717, 1.165) is 19.4 Å². The fourth-order valence-corrected chi connectivity index (χ4v) is 1.12. The molecule has 0 aromatic rings. The summed E-state index contributed by atoms with van der Waals surface area (Å²) in [4.78, 5) is 0. The molecule has 0 amide bonds. The highest BCUT2D eigenvalue weighted by Gasteiger charge is 2.17. The van der Waals surface area contributed by atoms with Gasteiger partial charge in [-0.25, -0.2) is 0 Å². The van der Waals surface area contributed by atoms with Crippen molar-refractivity contribution in [3.63, 3.8) is 0 Å². The van der Waals surface area contributed by atoms with Crippen molar-refractivity contribution in [1.82, 2.24) is 5.32 Å². The van der Waals surface area contributed by atoms with Gasteiger partial charge in [-0.05, 0) is 33.2 Å². The molecule has 1 unspecified atom stereocenters. The average Bonchev–Trinajstić information content (AvgIpc) is 2.15. The molecule has 0 aliphatic heterocycles. The van der Waals surface area contributed by atoms with Gasteiger partial charge in [0.2, 0.25) is 0 Å². The first-order valence-corrected chi connectivity index (χ1v) is 5.54. The monoisotopic (exact) mass is 203 g/mol. The highest BCUT2D eigenvalue weighted by atomic mass is 16.5. The van der Waals surface area contributed by atoms with E-state index in [1.54, 1.807) is 0 Å². The van der Waals surface area contributed by atoms with Crippen molar-refractivity contribution in [1.29, 1.82) is 0 Å². The molecule has 0 rings (SSSR count). The second kappa shape index (κ2) is 7.21. The van der Waals surface area contributed by atoms with Crippen molar-refractivity contribution in [2.45, 2.75) is 52.2 Å². The lowest BCUT2D eigenvalue weighted by Gasteiger charge is -2.27. The summed E-state index contributed by atoms with van der Waals surface area (Å²) >= 11 is 0. The van der Waals surface area contributed by atoms with Crippen LogP contribution in [0.5, 0.6) is 0 Å². The standard InChI is InChI=1S/C11H25NO2/c1-5-11(3,4)14-9-10(7-8-13)12-6-2/h10,12-13H,5-9H2,1-4H3. The molecule has 0 radical (unpaired) electrons. The molecular weight excluding hydrogens is 178 g/mol. The maximum absolute atomic E-state index is 8.85. The second-order valence-electron chi connectivity index (χ2n) is 4.19. The maximum atomic E-state index is 8.85. The van der Waals surface area contributed by atoms with Crippen LogP contribution in [0.1, 0.15) is 40.5 Å². The first-order valence-electron chi connectivity index (χ1n) is 5.54. The molecule has 0 heterocycles. The third-order valence-electron chi connectivity index (χ3n) is 2.50. The van der Waals surface area contributed by atoms with Gasteiger partial charge in [-0.15, -0.1) is 0 Å². The maximum Gasteiger partial charge on any atom is 0.0627 e. The van der Waals surface area contributed by atoms with Crippen LogP contribution in [0.4, 0.5) is 0 Å². The number of rotatable bonds is 8. The molecule has 0 bridgehead atoms. The van der Waals surface area contributed by atoms with Gasteiger partial charge in [0.05, 0.1) is 12.2 Å². The first kappa shape index (κ1) is 13.9. The third-order valence-corrected chi connectivity index (χ3v) is 2.50. The van der Waals surface area contributed by atoms with Crippen LogP contribution in [-0.2, 0) is 4.74 Å². The summed E-state index contributed by atoms with van der Waals surface area (Å²) < 4.78 is 5.77. The van der Waals surface area contributed by atoms with Crippen molar-refractivity contribution in [3.05, 3.63) is 0 Å². The Balaban J connectivity index is 3.80. The van der Waals surface area contributed by atoms with E-state index in [1.807, 2.05) is 0 Å². The summed E-state index contributed by atoms with van der Waals surface area (Å²) in [5, 5.41) is 12.1. The summed E-state index contributed by atoms with van der Waals surface area (Å²) in [5.41, 5.74) is -0.0525. The molecule has 3 nitrogen and oxygen atoms in total. The van der Waals surface area contributed by atoms with Gasteiger partial charge >= 0.3 is 0 Å². The summed E-state index contributed by atoms with van der Waals surface area (Å²) in [7, 11) is 0. The van der Waals surface area contributed by atoms with Crippen molar-refractivity contribution in [3.8, 4) is 0 Å². The van der Waals surface area contributed by atoms with Crippen LogP contribution in [0.25, 0.3) is 0 Å². The van der Waals surface area contributed by atoms with E-state index in [9.17, 15) is 0 Å². The molecule has 1 atom stereocenters. The van der Waals surface area contributed by atoms with Crippen LogP contribution in [0.2, 0.25) is 0 Å². The van der Waals surface area contributed by atoms with Crippen LogP contribution in [0.15, 0.2) is 0 Å². The highest BCUT2D eigenvalue weighted by molar-refractivity contribution is 4.70. The van der Waals surface area contributed by atoms with E-state index in [0.29, 0.717) is 6.61 Å². The minimum atomic E-state index is -0.0525. The normalized spacial score (nSPS) is 14.4. The van der Waals surface area contributed by atoms with Crippen molar-refractivity contribution in [2.24, 2.45) is 0 Å². The van der Waals surface area contributed by atoms with Gasteiger partial charge in [-0.3, -0.25) is 0 Å². The zero-order chi connectivity index (χ0) is 11.0. The molecule has 0 aliphatic carbocycles. The van der Waals surface area contributed by atoms with E-state index in [1.165, 1.54) is 0 Å². The Bertz CT molecular complexity index is 131. The molecule has 14 heavy (non-hydrogen) atoms. The molecule has 0 aromatic carbocycles. The number of nitrogens with one attached hydrogen (secondary N) is 1. The Kier molecular flexibility index (Phi) is 7.15. The van der Waals surface area contributed by atoms with Gasteiger partial charge in [-0.1, -0.05) is 13.8 Å². The number of hydrogen-bond acceptors (Lipinski definition) is 3. The van der Waals surface area contributed by atoms with E-state index >= 15 is 0 Å². The minimum Gasteiger partial charge on any atom is -0.396 e. The largest absolute Gasteiger partial charge is 0.396 e. The molecule has 0 fully saturated rings. The number of hydrogen-bond donors (Lipinski definition) is 2. The van der Waals surface area contributed by atoms with Crippen molar-refractivity contribution >= 4 is 0 Å². The van der Waals surface area contributed by atoms with E-state index in [2.05, 4.69) is 33.0 Å². The Labute approximate surface area is 87.8 Å². The molecule has 0 saturated heterocycles. The van der Waals surface area contributed by atoms with Gasteiger partial charge in [0, 0.05) is 12.6 Å². The summed E-state index contributed by atoms with van der Waals surface area (Å²) in [6, 6.07) is 0.274. The van der Waals surface area contributed by atoms with Gasteiger partial charge in [-0.2, -0.15) is 0 Å². The smallest absolute Gasteiger partial charge is 0.0627 e. The van der Waals surface area contributed by atoms with E-state index in [-0.39, 0.29) is 18.2 Å². The molecule has 0 aliphatic rings. The number of ether oxygens (including phenoxy) is 1. The molecule has 2 N–H and O–H groups in total. The molecule has 0 aromatic heterocycles. The molecule has 0 saturated carbocycles. The van der Waals surface area contributed by atoms with Crippen LogP contribution in [0.3, 0.4) is 0 Å². The number of aliphatic hydroxyl groups excluding tert-OH is 1. The Hall–Kier alpha value is -0.120. The van der Waals surface area contributed by atoms with E-state index in [4.69, 9.17) is 9.84 Å². The third kappa shape index (κ3) is 6.35.